The van der Waals surface area contributed by atoms with Crippen LogP contribution >= 0.6 is 0 Å². The lowest BCUT2D eigenvalue weighted by Crippen LogP contribution is -1.88. The molecule has 0 aliphatic rings. The van der Waals surface area contributed by atoms with Crippen molar-refractivity contribution in [2.45, 2.75) is 39.5 Å². The Bertz CT molecular complexity index is 228. The average molecular weight is 192 g/mol. The molecule has 0 aliphatic heterocycles. The van der Waals surface area contributed by atoms with Gasteiger partial charge in [-0.25, -0.2) is 0 Å². The third kappa shape index (κ3) is 5.52. The predicted octanol–water partition coefficient (Wildman–Crippen LogP) is 3.80. The molecule has 0 spiro atoms. The molecular weight excluding hydrogens is 172 g/mol. The zero-order valence-electron chi connectivity index (χ0n) is 9.36. The lowest BCUT2D eigenvalue weighted by atomic mass is 9.99. The molecule has 0 amide bonds. The number of aldehydes is 1. The van der Waals surface area contributed by atoms with Gasteiger partial charge in [0.25, 0.3) is 0 Å². The summed E-state index contributed by atoms with van der Waals surface area (Å²) in [6.07, 6.45) is 2.74. The quantitative estimate of drug-likeness (QED) is 0.666. The summed E-state index contributed by atoms with van der Waals surface area (Å²) in [5.74, 6) is 0.709. The zero-order chi connectivity index (χ0) is 10.8. The standard InChI is InChI=1S/C10H14.C3H6O/c1-3-9(2)10-7-5-4-6-8-10;1-2-3-4/h4-9H,3H2,1-2H3;3H,2H2,1H3. The van der Waals surface area contributed by atoms with Gasteiger partial charge in [-0.2, -0.15) is 0 Å². The second kappa shape index (κ2) is 8.49. The minimum absolute atomic E-state index is 0.639. The molecule has 1 unspecified atom stereocenters. The fourth-order valence-electron chi connectivity index (χ4n) is 1.02. The fourth-order valence-corrected chi connectivity index (χ4v) is 1.02. The third-order valence-corrected chi connectivity index (χ3v) is 2.15. The zero-order valence-corrected chi connectivity index (χ0v) is 9.36. The highest BCUT2D eigenvalue weighted by molar-refractivity contribution is 5.48. The molecule has 1 aromatic carbocycles. The largest absolute Gasteiger partial charge is 0.303 e. The minimum atomic E-state index is 0.639. The van der Waals surface area contributed by atoms with Gasteiger partial charge in [0.15, 0.2) is 0 Å². The normalized spacial score (nSPS) is 11.1. The minimum Gasteiger partial charge on any atom is -0.303 e. The molecule has 0 saturated carbocycles. The summed E-state index contributed by atoms with van der Waals surface area (Å²) >= 11 is 0. The van der Waals surface area contributed by atoms with Crippen LogP contribution in [-0.2, 0) is 4.79 Å². The Morgan fingerprint density at radius 1 is 1.21 bits per heavy atom. The summed E-state index contributed by atoms with van der Waals surface area (Å²) in [6, 6.07) is 10.6. The number of carbonyl (C=O) groups excluding carboxylic acids is 1. The van der Waals surface area contributed by atoms with E-state index in [2.05, 4.69) is 44.2 Å². The van der Waals surface area contributed by atoms with Crippen LogP contribution in [0.1, 0.15) is 45.1 Å². The van der Waals surface area contributed by atoms with Gasteiger partial charge in [-0.3, -0.25) is 0 Å². The summed E-state index contributed by atoms with van der Waals surface area (Å²) in [7, 11) is 0. The number of hydrogen-bond donors (Lipinski definition) is 0. The van der Waals surface area contributed by atoms with Crippen LogP contribution in [0.25, 0.3) is 0 Å². The van der Waals surface area contributed by atoms with Gasteiger partial charge in [0, 0.05) is 6.42 Å². The topological polar surface area (TPSA) is 17.1 Å². The highest BCUT2D eigenvalue weighted by Gasteiger charge is 1.98. The second-order valence-corrected chi connectivity index (χ2v) is 3.29. The maximum Gasteiger partial charge on any atom is 0.119 e. The second-order valence-electron chi connectivity index (χ2n) is 3.29. The number of benzene rings is 1. The van der Waals surface area contributed by atoms with E-state index in [4.69, 9.17) is 0 Å². The highest BCUT2D eigenvalue weighted by Crippen LogP contribution is 2.16. The number of hydrogen-bond acceptors (Lipinski definition) is 1. The van der Waals surface area contributed by atoms with E-state index < -0.39 is 0 Å². The molecular formula is C13H20O. The fraction of sp³-hybridized carbons (Fsp3) is 0.462. The van der Waals surface area contributed by atoms with Crippen molar-refractivity contribution in [3.63, 3.8) is 0 Å². The van der Waals surface area contributed by atoms with Crippen molar-refractivity contribution in [3.8, 4) is 0 Å². The van der Waals surface area contributed by atoms with Crippen molar-refractivity contribution in [3.05, 3.63) is 35.9 Å². The lowest BCUT2D eigenvalue weighted by Gasteiger charge is -2.06. The summed E-state index contributed by atoms with van der Waals surface area (Å²) in [6.45, 7) is 6.29. The van der Waals surface area contributed by atoms with E-state index in [1.165, 1.54) is 12.0 Å². The Kier molecular flexibility index (Phi) is 7.81. The van der Waals surface area contributed by atoms with Gasteiger partial charge in [-0.1, -0.05) is 51.1 Å². The Hall–Kier alpha value is -1.11. The van der Waals surface area contributed by atoms with E-state index in [1.807, 2.05) is 6.92 Å². The van der Waals surface area contributed by atoms with Gasteiger partial charge < -0.3 is 4.79 Å². The molecule has 1 rings (SSSR count). The Balaban J connectivity index is 0.000000364. The molecule has 78 valence electrons. The van der Waals surface area contributed by atoms with E-state index in [0.717, 1.165) is 6.29 Å². The predicted molar refractivity (Wildman–Crippen MR) is 61.5 cm³/mol. The smallest absolute Gasteiger partial charge is 0.119 e. The average Bonchev–Trinajstić information content (AvgIpc) is 2.29. The van der Waals surface area contributed by atoms with Crippen LogP contribution in [0, 0.1) is 0 Å². The summed E-state index contributed by atoms with van der Waals surface area (Å²) in [4.78, 5) is 9.17. The molecule has 0 N–H and O–H groups in total. The van der Waals surface area contributed by atoms with Crippen LogP contribution in [0.5, 0.6) is 0 Å². The van der Waals surface area contributed by atoms with Crippen molar-refractivity contribution < 1.29 is 4.79 Å². The SMILES string of the molecule is CCC(C)c1ccccc1.CCC=O. The first-order valence-electron chi connectivity index (χ1n) is 5.24. The number of rotatable bonds is 3. The molecule has 0 aromatic heterocycles. The molecule has 1 atom stereocenters. The van der Waals surface area contributed by atoms with Gasteiger partial charge >= 0.3 is 0 Å². The van der Waals surface area contributed by atoms with Gasteiger partial charge in [0.2, 0.25) is 0 Å². The monoisotopic (exact) mass is 192 g/mol. The van der Waals surface area contributed by atoms with Crippen LogP contribution in [0.3, 0.4) is 0 Å². The first kappa shape index (κ1) is 12.9. The maximum atomic E-state index is 9.17. The van der Waals surface area contributed by atoms with Crippen LogP contribution < -0.4 is 0 Å². The number of carbonyl (C=O) groups is 1. The summed E-state index contributed by atoms with van der Waals surface area (Å²) < 4.78 is 0. The van der Waals surface area contributed by atoms with E-state index in [-0.39, 0.29) is 0 Å². The Morgan fingerprint density at radius 3 is 2.07 bits per heavy atom. The lowest BCUT2D eigenvalue weighted by molar-refractivity contribution is -0.107. The van der Waals surface area contributed by atoms with E-state index in [1.54, 1.807) is 0 Å². The first-order chi connectivity index (χ1) is 6.76. The maximum absolute atomic E-state index is 9.17. The molecule has 14 heavy (non-hydrogen) atoms. The van der Waals surface area contributed by atoms with Crippen LogP contribution in [0.2, 0.25) is 0 Å². The van der Waals surface area contributed by atoms with Gasteiger partial charge in [-0.15, -0.1) is 0 Å². The van der Waals surface area contributed by atoms with Crippen molar-refractivity contribution >= 4 is 6.29 Å². The van der Waals surface area contributed by atoms with Gasteiger partial charge in [0.1, 0.15) is 6.29 Å². The van der Waals surface area contributed by atoms with Crippen molar-refractivity contribution in [1.29, 1.82) is 0 Å². The van der Waals surface area contributed by atoms with Crippen molar-refractivity contribution in [1.82, 2.24) is 0 Å². The summed E-state index contributed by atoms with van der Waals surface area (Å²) in [5.41, 5.74) is 1.45. The Morgan fingerprint density at radius 2 is 1.71 bits per heavy atom. The van der Waals surface area contributed by atoms with Crippen molar-refractivity contribution in [2.75, 3.05) is 0 Å². The highest BCUT2D eigenvalue weighted by atomic mass is 16.1. The van der Waals surface area contributed by atoms with E-state index >= 15 is 0 Å². The molecule has 0 radical (unpaired) electrons. The van der Waals surface area contributed by atoms with Gasteiger partial charge in [-0.05, 0) is 17.9 Å². The molecule has 1 aromatic rings. The third-order valence-electron chi connectivity index (χ3n) is 2.15. The molecule has 1 heteroatoms. The van der Waals surface area contributed by atoms with E-state index in [0.29, 0.717) is 12.3 Å². The van der Waals surface area contributed by atoms with Crippen molar-refractivity contribution in [2.24, 2.45) is 0 Å². The van der Waals surface area contributed by atoms with E-state index in [9.17, 15) is 4.79 Å². The summed E-state index contributed by atoms with van der Waals surface area (Å²) in [5, 5.41) is 0. The molecule has 0 aliphatic carbocycles. The molecule has 0 fully saturated rings. The van der Waals surface area contributed by atoms with Crippen LogP contribution in [0.15, 0.2) is 30.3 Å². The molecule has 0 bridgehead atoms. The van der Waals surface area contributed by atoms with Gasteiger partial charge in [0.05, 0.1) is 0 Å². The molecule has 1 nitrogen and oxygen atoms in total. The van der Waals surface area contributed by atoms with Crippen LogP contribution in [0.4, 0.5) is 0 Å². The molecule has 0 heterocycles. The molecule has 0 saturated heterocycles. The Labute approximate surface area is 87.2 Å². The van der Waals surface area contributed by atoms with Crippen LogP contribution in [-0.4, -0.2) is 6.29 Å². The first-order valence-corrected chi connectivity index (χ1v) is 5.24.